The lowest BCUT2D eigenvalue weighted by molar-refractivity contribution is -0.121. The zero-order valence-corrected chi connectivity index (χ0v) is 11.5. The van der Waals surface area contributed by atoms with E-state index in [0.717, 1.165) is 58.7 Å². The SMILES string of the molecule is CN1CCC(NC(=O)CCCN2CCNCC2)C1. The lowest BCUT2D eigenvalue weighted by Gasteiger charge is -2.27. The second-order valence-corrected chi connectivity index (χ2v) is 5.51. The van der Waals surface area contributed by atoms with Gasteiger partial charge in [0.15, 0.2) is 0 Å². The van der Waals surface area contributed by atoms with Crippen LogP contribution in [0.15, 0.2) is 0 Å². The van der Waals surface area contributed by atoms with Crippen molar-refractivity contribution in [2.75, 3.05) is 52.9 Å². The molecule has 2 fully saturated rings. The van der Waals surface area contributed by atoms with Crippen LogP contribution >= 0.6 is 0 Å². The largest absolute Gasteiger partial charge is 0.352 e. The number of rotatable bonds is 5. The molecule has 5 heteroatoms. The highest BCUT2D eigenvalue weighted by Gasteiger charge is 2.20. The topological polar surface area (TPSA) is 47.6 Å². The molecule has 0 aliphatic carbocycles. The lowest BCUT2D eigenvalue weighted by atomic mass is 10.2. The van der Waals surface area contributed by atoms with Crippen LogP contribution in [0, 0.1) is 0 Å². The number of hydrogen-bond acceptors (Lipinski definition) is 4. The molecule has 104 valence electrons. The number of amides is 1. The minimum atomic E-state index is 0.227. The van der Waals surface area contributed by atoms with Crippen molar-refractivity contribution in [3.05, 3.63) is 0 Å². The highest BCUT2D eigenvalue weighted by atomic mass is 16.1. The number of likely N-dealkylation sites (N-methyl/N-ethyl adjacent to an activating group) is 1. The van der Waals surface area contributed by atoms with Gasteiger partial charge in [-0.15, -0.1) is 0 Å². The Bertz CT molecular complexity index is 266. The van der Waals surface area contributed by atoms with Crippen LogP contribution in [0.3, 0.4) is 0 Å². The van der Waals surface area contributed by atoms with Crippen LogP contribution < -0.4 is 10.6 Å². The number of likely N-dealkylation sites (tertiary alicyclic amines) is 1. The van der Waals surface area contributed by atoms with Gasteiger partial charge in [-0.3, -0.25) is 4.79 Å². The Kier molecular flexibility index (Phi) is 5.41. The number of carbonyl (C=O) groups is 1. The van der Waals surface area contributed by atoms with Gasteiger partial charge in [-0.2, -0.15) is 0 Å². The van der Waals surface area contributed by atoms with Crippen molar-refractivity contribution in [2.24, 2.45) is 0 Å². The Hall–Kier alpha value is -0.650. The van der Waals surface area contributed by atoms with E-state index in [-0.39, 0.29) is 5.91 Å². The summed E-state index contributed by atoms with van der Waals surface area (Å²) < 4.78 is 0. The van der Waals surface area contributed by atoms with Crippen molar-refractivity contribution in [3.63, 3.8) is 0 Å². The minimum Gasteiger partial charge on any atom is -0.352 e. The lowest BCUT2D eigenvalue weighted by Crippen LogP contribution is -2.44. The van der Waals surface area contributed by atoms with E-state index in [1.807, 2.05) is 0 Å². The van der Waals surface area contributed by atoms with Gasteiger partial charge in [0.25, 0.3) is 0 Å². The molecule has 5 nitrogen and oxygen atoms in total. The van der Waals surface area contributed by atoms with Gasteiger partial charge in [0.05, 0.1) is 0 Å². The van der Waals surface area contributed by atoms with E-state index in [9.17, 15) is 4.79 Å². The Balaban J connectivity index is 1.54. The van der Waals surface area contributed by atoms with Crippen molar-refractivity contribution in [3.8, 4) is 0 Å². The molecule has 0 aromatic rings. The van der Waals surface area contributed by atoms with Gasteiger partial charge in [0, 0.05) is 45.2 Å². The summed E-state index contributed by atoms with van der Waals surface area (Å²) >= 11 is 0. The number of carbonyl (C=O) groups excluding carboxylic acids is 1. The van der Waals surface area contributed by atoms with Crippen LogP contribution in [0.25, 0.3) is 0 Å². The summed E-state index contributed by atoms with van der Waals surface area (Å²) in [4.78, 5) is 16.5. The smallest absolute Gasteiger partial charge is 0.220 e. The number of nitrogens with one attached hydrogen (secondary N) is 2. The predicted octanol–water partition coefficient (Wildman–Crippen LogP) is -0.508. The van der Waals surface area contributed by atoms with Crippen molar-refractivity contribution in [1.29, 1.82) is 0 Å². The maximum Gasteiger partial charge on any atom is 0.220 e. The van der Waals surface area contributed by atoms with Gasteiger partial charge in [-0.25, -0.2) is 0 Å². The second kappa shape index (κ2) is 7.07. The van der Waals surface area contributed by atoms with Crippen molar-refractivity contribution < 1.29 is 4.79 Å². The summed E-state index contributed by atoms with van der Waals surface area (Å²) in [6, 6.07) is 0.377. The fourth-order valence-electron chi connectivity index (χ4n) is 2.75. The molecule has 18 heavy (non-hydrogen) atoms. The van der Waals surface area contributed by atoms with Crippen LogP contribution in [0.5, 0.6) is 0 Å². The molecular weight excluding hydrogens is 228 g/mol. The maximum absolute atomic E-state index is 11.8. The predicted molar refractivity (Wildman–Crippen MR) is 72.6 cm³/mol. The van der Waals surface area contributed by atoms with E-state index < -0.39 is 0 Å². The molecular formula is C13H26N4O. The van der Waals surface area contributed by atoms with E-state index in [2.05, 4.69) is 27.5 Å². The molecule has 1 amide bonds. The third-order valence-corrected chi connectivity index (χ3v) is 3.84. The number of piperazine rings is 1. The number of nitrogens with zero attached hydrogens (tertiary/aromatic N) is 2. The van der Waals surface area contributed by atoms with E-state index in [0.29, 0.717) is 12.5 Å². The Labute approximate surface area is 110 Å². The molecule has 0 bridgehead atoms. The molecule has 2 heterocycles. The first-order valence-electron chi connectivity index (χ1n) is 7.15. The molecule has 2 saturated heterocycles. The summed E-state index contributed by atoms with van der Waals surface area (Å²) in [6.45, 7) is 7.57. The zero-order chi connectivity index (χ0) is 12.8. The third-order valence-electron chi connectivity index (χ3n) is 3.84. The Morgan fingerprint density at radius 3 is 2.78 bits per heavy atom. The molecule has 0 radical (unpaired) electrons. The zero-order valence-electron chi connectivity index (χ0n) is 11.5. The van der Waals surface area contributed by atoms with Gasteiger partial charge >= 0.3 is 0 Å². The molecule has 2 N–H and O–H groups in total. The van der Waals surface area contributed by atoms with E-state index in [1.54, 1.807) is 0 Å². The summed E-state index contributed by atoms with van der Waals surface area (Å²) in [5.74, 6) is 0.227. The first-order chi connectivity index (χ1) is 8.74. The molecule has 0 spiro atoms. The fourth-order valence-corrected chi connectivity index (χ4v) is 2.75. The summed E-state index contributed by atoms with van der Waals surface area (Å²) in [5, 5.41) is 6.48. The van der Waals surface area contributed by atoms with Gasteiger partial charge in [0.2, 0.25) is 5.91 Å². The summed E-state index contributed by atoms with van der Waals surface area (Å²) in [6.07, 6.45) is 2.75. The van der Waals surface area contributed by atoms with E-state index in [4.69, 9.17) is 0 Å². The number of hydrogen-bond donors (Lipinski definition) is 2. The van der Waals surface area contributed by atoms with Crippen molar-refractivity contribution >= 4 is 5.91 Å². The standard InChI is InChI=1S/C13H26N4O/c1-16-8-4-12(11-16)15-13(18)3-2-7-17-9-5-14-6-10-17/h12,14H,2-11H2,1H3,(H,15,18). The first kappa shape index (κ1) is 13.8. The molecule has 1 unspecified atom stereocenters. The Morgan fingerprint density at radius 2 is 2.11 bits per heavy atom. The quantitative estimate of drug-likeness (QED) is 0.694. The molecule has 0 saturated carbocycles. The normalized spacial score (nSPS) is 26.4. The average Bonchev–Trinajstić information content (AvgIpc) is 2.76. The van der Waals surface area contributed by atoms with Gasteiger partial charge in [-0.1, -0.05) is 0 Å². The van der Waals surface area contributed by atoms with Gasteiger partial charge in [0.1, 0.15) is 0 Å². The second-order valence-electron chi connectivity index (χ2n) is 5.51. The first-order valence-corrected chi connectivity index (χ1v) is 7.15. The van der Waals surface area contributed by atoms with E-state index >= 15 is 0 Å². The minimum absolute atomic E-state index is 0.227. The third kappa shape index (κ3) is 4.55. The highest BCUT2D eigenvalue weighted by molar-refractivity contribution is 5.76. The van der Waals surface area contributed by atoms with Crippen LogP contribution in [0.1, 0.15) is 19.3 Å². The van der Waals surface area contributed by atoms with Gasteiger partial charge in [-0.05, 0) is 33.0 Å². The fraction of sp³-hybridized carbons (Fsp3) is 0.923. The van der Waals surface area contributed by atoms with Crippen molar-refractivity contribution in [2.45, 2.75) is 25.3 Å². The molecule has 2 aliphatic rings. The van der Waals surface area contributed by atoms with E-state index in [1.165, 1.54) is 0 Å². The molecule has 2 rings (SSSR count). The molecule has 0 aromatic carbocycles. The Morgan fingerprint density at radius 1 is 1.33 bits per heavy atom. The molecule has 0 aromatic heterocycles. The highest BCUT2D eigenvalue weighted by Crippen LogP contribution is 2.06. The summed E-state index contributed by atoms with van der Waals surface area (Å²) in [5.41, 5.74) is 0. The summed E-state index contributed by atoms with van der Waals surface area (Å²) in [7, 11) is 2.11. The van der Waals surface area contributed by atoms with Crippen LogP contribution in [-0.2, 0) is 4.79 Å². The molecule has 2 aliphatic heterocycles. The maximum atomic E-state index is 11.8. The van der Waals surface area contributed by atoms with Crippen molar-refractivity contribution in [1.82, 2.24) is 20.4 Å². The monoisotopic (exact) mass is 254 g/mol. The molecule has 1 atom stereocenters. The average molecular weight is 254 g/mol. The van der Waals surface area contributed by atoms with Gasteiger partial charge < -0.3 is 20.4 Å². The van der Waals surface area contributed by atoms with Crippen LogP contribution in [-0.4, -0.2) is 74.6 Å². The van der Waals surface area contributed by atoms with Crippen LogP contribution in [0.4, 0.5) is 0 Å². The van der Waals surface area contributed by atoms with Crippen LogP contribution in [0.2, 0.25) is 0 Å².